The second kappa shape index (κ2) is 12.3. The van der Waals surface area contributed by atoms with Crippen molar-refractivity contribution in [3.05, 3.63) is 75.8 Å². The number of benzene rings is 2. The fraction of sp³-hybridized carbons (Fsp3) is 0.333. The number of hydrogen-bond donors (Lipinski definition) is 1. The summed E-state index contributed by atoms with van der Waals surface area (Å²) in [5.74, 6) is -1.12. The van der Waals surface area contributed by atoms with Gasteiger partial charge >= 0.3 is 5.91 Å². The predicted molar refractivity (Wildman–Crippen MR) is 151 cm³/mol. The van der Waals surface area contributed by atoms with Crippen LogP contribution in [0.5, 0.6) is 11.5 Å². The van der Waals surface area contributed by atoms with Crippen LogP contribution in [0.25, 0.3) is 5.76 Å². The number of nitrogens with zero attached hydrogens (tertiary/aromatic N) is 2. The molecule has 0 spiro atoms. The van der Waals surface area contributed by atoms with Crippen LogP contribution in [-0.2, 0) is 9.59 Å². The average molecular weight is 549 g/mol. The fourth-order valence-corrected chi connectivity index (χ4v) is 5.51. The number of thiazole rings is 1. The number of aliphatic hydroxyl groups excluding tert-OH is 1. The van der Waals surface area contributed by atoms with Crippen molar-refractivity contribution < 1.29 is 29.0 Å². The molecule has 0 aliphatic carbocycles. The Morgan fingerprint density at radius 3 is 2.44 bits per heavy atom. The van der Waals surface area contributed by atoms with E-state index in [0.717, 1.165) is 30.6 Å². The standard InChI is InChI=1S/C30H32N2O6S/c1-5-7-11-16-38-22-15-14-21(17-23(22)37-6-2)25-24(26(34)20-12-9-8-10-13-20)27(35)29(36)32(25)30-31-18(3)28(39-30)19(4)33/h8-10,12-15,17,25,34H,5-7,11,16H2,1-4H3/b26-24+. The molecule has 39 heavy (non-hydrogen) atoms. The van der Waals surface area contributed by atoms with Gasteiger partial charge < -0.3 is 14.6 Å². The Morgan fingerprint density at radius 2 is 1.79 bits per heavy atom. The summed E-state index contributed by atoms with van der Waals surface area (Å²) in [5.41, 5.74) is 1.34. The maximum atomic E-state index is 13.5. The van der Waals surface area contributed by atoms with Crippen LogP contribution in [0.15, 0.2) is 54.1 Å². The van der Waals surface area contributed by atoms with Crippen LogP contribution >= 0.6 is 11.3 Å². The summed E-state index contributed by atoms with van der Waals surface area (Å²) in [6.45, 7) is 8.01. The molecule has 8 nitrogen and oxygen atoms in total. The third-order valence-corrected chi connectivity index (χ3v) is 7.65. The molecule has 0 radical (unpaired) electrons. The van der Waals surface area contributed by atoms with Gasteiger partial charge in [-0.3, -0.25) is 19.3 Å². The summed E-state index contributed by atoms with van der Waals surface area (Å²) < 4.78 is 11.8. The van der Waals surface area contributed by atoms with Crippen LogP contribution in [-0.4, -0.2) is 40.8 Å². The molecule has 4 rings (SSSR count). The van der Waals surface area contributed by atoms with E-state index in [1.807, 2.05) is 6.92 Å². The summed E-state index contributed by atoms with van der Waals surface area (Å²) >= 11 is 1.04. The normalized spacial score (nSPS) is 16.5. The summed E-state index contributed by atoms with van der Waals surface area (Å²) in [5, 5.41) is 11.5. The first-order valence-electron chi connectivity index (χ1n) is 13.0. The van der Waals surface area contributed by atoms with Crippen molar-refractivity contribution in [1.82, 2.24) is 4.98 Å². The third-order valence-electron chi connectivity index (χ3n) is 6.39. The molecule has 9 heteroatoms. The minimum atomic E-state index is -0.996. The van der Waals surface area contributed by atoms with E-state index >= 15 is 0 Å². The SMILES string of the molecule is CCCCCOc1ccc(C2/C(=C(\O)c3ccccc3)C(=O)C(=O)N2c2nc(C)c(C(C)=O)s2)cc1OCC. The Morgan fingerprint density at radius 1 is 1.05 bits per heavy atom. The minimum Gasteiger partial charge on any atom is -0.507 e. The molecule has 2 heterocycles. The van der Waals surface area contributed by atoms with E-state index in [1.165, 1.54) is 11.8 Å². The van der Waals surface area contributed by atoms with Gasteiger partial charge in [0, 0.05) is 12.5 Å². The van der Waals surface area contributed by atoms with E-state index in [-0.39, 0.29) is 22.2 Å². The fourth-order valence-electron chi connectivity index (χ4n) is 4.53. The number of aliphatic hydroxyl groups is 1. The van der Waals surface area contributed by atoms with Crippen LogP contribution in [0.3, 0.4) is 0 Å². The Labute approximate surface area is 231 Å². The van der Waals surface area contributed by atoms with E-state index in [2.05, 4.69) is 11.9 Å². The average Bonchev–Trinajstić information content (AvgIpc) is 3.44. The molecule has 1 aromatic heterocycles. The highest BCUT2D eigenvalue weighted by molar-refractivity contribution is 7.18. The number of anilines is 1. The molecule has 1 N–H and O–H groups in total. The maximum absolute atomic E-state index is 13.5. The van der Waals surface area contributed by atoms with Gasteiger partial charge in [0.1, 0.15) is 5.76 Å². The highest BCUT2D eigenvalue weighted by Crippen LogP contribution is 2.45. The van der Waals surface area contributed by atoms with Crippen molar-refractivity contribution in [2.75, 3.05) is 18.1 Å². The molecule has 1 fully saturated rings. The Hall–Kier alpha value is -3.98. The number of aromatic nitrogens is 1. The van der Waals surface area contributed by atoms with Gasteiger partial charge in [-0.2, -0.15) is 0 Å². The van der Waals surface area contributed by atoms with Crippen LogP contribution < -0.4 is 14.4 Å². The molecular weight excluding hydrogens is 516 g/mol. The van der Waals surface area contributed by atoms with Crippen molar-refractivity contribution in [2.45, 2.75) is 53.0 Å². The smallest absolute Gasteiger partial charge is 0.301 e. The molecule has 1 aliphatic heterocycles. The zero-order valence-corrected chi connectivity index (χ0v) is 23.3. The molecule has 3 aromatic rings. The number of amides is 1. The van der Waals surface area contributed by atoms with Gasteiger partial charge in [-0.1, -0.05) is 67.5 Å². The molecule has 2 aromatic carbocycles. The number of ether oxygens (including phenoxy) is 2. The lowest BCUT2D eigenvalue weighted by Crippen LogP contribution is -2.29. The largest absolute Gasteiger partial charge is 0.507 e. The van der Waals surface area contributed by atoms with Crippen molar-refractivity contribution in [3.63, 3.8) is 0 Å². The zero-order chi connectivity index (χ0) is 28.1. The van der Waals surface area contributed by atoms with Crippen molar-refractivity contribution >= 4 is 39.7 Å². The maximum Gasteiger partial charge on any atom is 0.301 e. The molecule has 0 saturated carbocycles. The van der Waals surface area contributed by atoms with E-state index < -0.39 is 17.7 Å². The molecule has 204 valence electrons. The Balaban J connectivity index is 1.87. The number of unbranched alkanes of at least 4 members (excludes halogenated alkanes) is 2. The van der Waals surface area contributed by atoms with Crippen molar-refractivity contribution in [3.8, 4) is 11.5 Å². The summed E-state index contributed by atoms with van der Waals surface area (Å²) in [4.78, 5) is 45.2. The molecule has 1 aliphatic rings. The van der Waals surface area contributed by atoms with E-state index in [0.29, 0.717) is 46.4 Å². The van der Waals surface area contributed by atoms with Crippen LogP contribution in [0.2, 0.25) is 0 Å². The molecule has 1 amide bonds. The van der Waals surface area contributed by atoms with Gasteiger partial charge in [0.2, 0.25) is 0 Å². The molecule has 1 saturated heterocycles. The lowest BCUT2D eigenvalue weighted by atomic mass is 9.95. The quantitative estimate of drug-likeness (QED) is 0.0993. The van der Waals surface area contributed by atoms with E-state index in [4.69, 9.17) is 9.47 Å². The van der Waals surface area contributed by atoms with Gasteiger partial charge in [0.25, 0.3) is 5.78 Å². The Kier molecular flexibility index (Phi) is 8.81. The number of hydrogen-bond acceptors (Lipinski definition) is 8. The zero-order valence-electron chi connectivity index (χ0n) is 22.5. The molecule has 1 atom stereocenters. The van der Waals surface area contributed by atoms with Gasteiger partial charge in [-0.15, -0.1) is 0 Å². The second-order valence-corrected chi connectivity index (χ2v) is 10.2. The molecule has 0 bridgehead atoms. The number of aryl methyl sites for hydroxylation is 1. The lowest BCUT2D eigenvalue weighted by Gasteiger charge is -2.24. The van der Waals surface area contributed by atoms with Gasteiger partial charge in [-0.05, 0) is 38.0 Å². The van der Waals surface area contributed by atoms with Crippen LogP contribution in [0.1, 0.15) is 72.6 Å². The summed E-state index contributed by atoms with van der Waals surface area (Å²) in [7, 11) is 0. The summed E-state index contributed by atoms with van der Waals surface area (Å²) in [6.07, 6.45) is 3.02. The number of Topliss-reactive ketones (excluding diaryl/α,β-unsaturated/α-hetero) is 2. The van der Waals surface area contributed by atoms with Crippen molar-refractivity contribution in [2.24, 2.45) is 0 Å². The van der Waals surface area contributed by atoms with Crippen LogP contribution in [0.4, 0.5) is 5.13 Å². The minimum absolute atomic E-state index is 0.0671. The van der Waals surface area contributed by atoms with Crippen LogP contribution in [0, 0.1) is 6.92 Å². The Bertz CT molecular complexity index is 1410. The van der Waals surface area contributed by atoms with Gasteiger partial charge in [-0.25, -0.2) is 4.98 Å². The third kappa shape index (κ3) is 5.73. The molecule has 1 unspecified atom stereocenters. The first-order chi connectivity index (χ1) is 18.8. The van der Waals surface area contributed by atoms with E-state index in [1.54, 1.807) is 55.5 Å². The first kappa shape index (κ1) is 28.0. The monoisotopic (exact) mass is 548 g/mol. The van der Waals surface area contributed by atoms with Gasteiger partial charge in [0.05, 0.1) is 35.4 Å². The second-order valence-electron chi connectivity index (χ2n) is 9.20. The number of carbonyl (C=O) groups is 3. The van der Waals surface area contributed by atoms with Crippen molar-refractivity contribution in [1.29, 1.82) is 0 Å². The molecular formula is C30H32N2O6S. The highest BCUT2D eigenvalue weighted by Gasteiger charge is 2.48. The number of ketones is 2. The van der Waals surface area contributed by atoms with E-state index in [9.17, 15) is 19.5 Å². The summed E-state index contributed by atoms with van der Waals surface area (Å²) in [6, 6.07) is 12.8. The topological polar surface area (TPSA) is 106 Å². The first-order valence-corrected chi connectivity index (χ1v) is 13.8. The highest BCUT2D eigenvalue weighted by atomic mass is 32.1. The number of carbonyl (C=O) groups excluding carboxylic acids is 3. The lowest BCUT2D eigenvalue weighted by molar-refractivity contribution is -0.132. The predicted octanol–water partition coefficient (Wildman–Crippen LogP) is 6.25. The van der Waals surface area contributed by atoms with Gasteiger partial charge in [0.15, 0.2) is 22.4 Å². The number of rotatable bonds is 11.